The van der Waals surface area contributed by atoms with Crippen LogP contribution >= 0.6 is 0 Å². The molecule has 0 amide bonds. The molecule has 0 saturated carbocycles. The maximum Gasteiger partial charge on any atom is 0.348 e. The standard InChI is InChI=1S/C34H26O9/c1-37-21-11-13-25-24(17-21)30(32(43-25)20-8-6-5-7-9-20)34(36)41-22-10-12-23-26(18-22)42-27(31(23)35)14-19-15-28(38-2)33(40-4)29(16-19)39-3/h5-18H,1-4H3. The molecule has 4 aromatic carbocycles. The SMILES string of the molecule is COc1ccc2oc(-c3ccccc3)c(C(=O)Oc3ccc4c(c3)OC(=Cc3cc(OC)c(OC)c(OC)c3)C4=O)c2c1. The highest BCUT2D eigenvalue weighted by atomic mass is 16.5. The molecule has 0 unspecified atom stereocenters. The van der Waals surface area contributed by atoms with Gasteiger partial charge in [0, 0.05) is 17.0 Å². The summed E-state index contributed by atoms with van der Waals surface area (Å²) in [6.45, 7) is 0. The van der Waals surface area contributed by atoms with Gasteiger partial charge in [0.1, 0.15) is 34.2 Å². The molecule has 0 bridgehead atoms. The molecular formula is C34H26O9. The normalized spacial score (nSPS) is 13.0. The minimum Gasteiger partial charge on any atom is -0.497 e. The Morgan fingerprint density at radius 2 is 1.49 bits per heavy atom. The molecule has 9 nitrogen and oxygen atoms in total. The van der Waals surface area contributed by atoms with Crippen molar-refractivity contribution < 1.29 is 42.4 Å². The van der Waals surface area contributed by atoms with Crippen LogP contribution in [0.4, 0.5) is 0 Å². The third kappa shape index (κ3) is 5.01. The van der Waals surface area contributed by atoms with Crippen molar-refractivity contribution in [3.8, 4) is 45.8 Å². The topological polar surface area (TPSA) is 103 Å². The monoisotopic (exact) mass is 578 g/mol. The first-order chi connectivity index (χ1) is 20.9. The second-order valence-electron chi connectivity index (χ2n) is 9.48. The molecule has 216 valence electrons. The molecule has 0 aliphatic carbocycles. The van der Waals surface area contributed by atoms with E-state index in [9.17, 15) is 9.59 Å². The number of ether oxygens (including phenoxy) is 6. The number of carbonyl (C=O) groups is 2. The third-order valence-electron chi connectivity index (χ3n) is 6.97. The first kappa shape index (κ1) is 27.5. The Labute approximate surface area is 246 Å². The predicted molar refractivity (Wildman–Crippen MR) is 159 cm³/mol. The van der Waals surface area contributed by atoms with Crippen molar-refractivity contribution in [2.75, 3.05) is 28.4 Å². The van der Waals surface area contributed by atoms with E-state index in [1.165, 1.54) is 27.4 Å². The molecule has 1 aliphatic rings. The van der Waals surface area contributed by atoms with Crippen LogP contribution in [-0.2, 0) is 0 Å². The quantitative estimate of drug-likeness (QED) is 0.110. The van der Waals surface area contributed by atoms with Gasteiger partial charge in [0.25, 0.3) is 0 Å². The van der Waals surface area contributed by atoms with Crippen molar-refractivity contribution in [1.29, 1.82) is 0 Å². The number of hydrogen-bond acceptors (Lipinski definition) is 9. The number of Topliss-reactive ketones (excluding diaryl/α,β-unsaturated/α-hetero) is 1. The van der Waals surface area contributed by atoms with E-state index in [0.717, 1.165) is 0 Å². The summed E-state index contributed by atoms with van der Waals surface area (Å²) in [4.78, 5) is 26.8. The Morgan fingerprint density at radius 3 is 2.16 bits per heavy atom. The number of hydrogen-bond donors (Lipinski definition) is 0. The van der Waals surface area contributed by atoms with Crippen LogP contribution in [0.5, 0.6) is 34.5 Å². The number of allylic oxidation sites excluding steroid dienone is 1. The summed E-state index contributed by atoms with van der Waals surface area (Å²) in [5.74, 6) is 1.83. The molecule has 0 fully saturated rings. The number of ketones is 1. The molecule has 5 aromatic rings. The van der Waals surface area contributed by atoms with Crippen LogP contribution in [-0.4, -0.2) is 40.2 Å². The van der Waals surface area contributed by atoms with Crippen LogP contribution in [0, 0.1) is 0 Å². The number of carbonyl (C=O) groups excluding carboxylic acids is 2. The molecule has 1 aromatic heterocycles. The lowest BCUT2D eigenvalue weighted by Crippen LogP contribution is -2.09. The smallest absolute Gasteiger partial charge is 0.348 e. The maximum atomic E-state index is 13.6. The van der Waals surface area contributed by atoms with Gasteiger partial charge in [-0.05, 0) is 54.1 Å². The summed E-state index contributed by atoms with van der Waals surface area (Å²) in [6, 6.07) is 22.5. The third-order valence-corrected chi connectivity index (χ3v) is 6.97. The first-order valence-electron chi connectivity index (χ1n) is 13.2. The van der Waals surface area contributed by atoms with Gasteiger partial charge in [-0.2, -0.15) is 0 Å². The molecule has 1 aliphatic heterocycles. The Balaban J connectivity index is 1.32. The van der Waals surface area contributed by atoms with Gasteiger partial charge in [0.05, 0.1) is 34.0 Å². The lowest BCUT2D eigenvalue weighted by atomic mass is 10.1. The number of rotatable bonds is 8. The molecule has 2 heterocycles. The highest BCUT2D eigenvalue weighted by Gasteiger charge is 2.30. The highest BCUT2D eigenvalue weighted by molar-refractivity contribution is 6.15. The number of fused-ring (bicyclic) bond motifs is 2. The zero-order valence-electron chi connectivity index (χ0n) is 23.8. The number of furan rings is 1. The minimum atomic E-state index is -0.636. The van der Waals surface area contributed by atoms with Crippen LogP contribution in [0.25, 0.3) is 28.4 Å². The molecule has 0 saturated heterocycles. The number of esters is 1. The van der Waals surface area contributed by atoms with Crippen LogP contribution in [0.15, 0.2) is 89.0 Å². The van der Waals surface area contributed by atoms with Gasteiger partial charge in [-0.25, -0.2) is 4.79 Å². The van der Waals surface area contributed by atoms with Gasteiger partial charge in [0.2, 0.25) is 11.5 Å². The van der Waals surface area contributed by atoms with Gasteiger partial charge in [-0.1, -0.05) is 30.3 Å². The van der Waals surface area contributed by atoms with E-state index in [-0.39, 0.29) is 28.6 Å². The molecule has 9 heteroatoms. The van der Waals surface area contributed by atoms with Gasteiger partial charge in [0.15, 0.2) is 17.3 Å². The van der Waals surface area contributed by atoms with E-state index >= 15 is 0 Å². The Kier molecular flexibility index (Phi) is 7.21. The summed E-state index contributed by atoms with van der Waals surface area (Å²) in [5, 5.41) is 0.548. The minimum absolute atomic E-state index is 0.0898. The Bertz CT molecular complexity index is 1880. The fourth-order valence-electron chi connectivity index (χ4n) is 4.92. The van der Waals surface area contributed by atoms with E-state index in [4.69, 9.17) is 32.8 Å². The predicted octanol–water partition coefficient (Wildman–Crippen LogP) is 6.97. The van der Waals surface area contributed by atoms with Crippen molar-refractivity contribution in [2.45, 2.75) is 0 Å². The molecule has 0 radical (unpaired) electrons. The zero-order chi connectivity index (χ0) is 30.1. The first-order valence-corrected chi connectivity index (χ1v) is 13.2. The largest absolute Gasteiger partial charge is 0.497 e. The molecular weight excluding hydrogens is 552 g/mol. The Hall–Kier alpha value is -5.70. The van der Waals surface area contributed by atoms with E-state index in [1.54, 1.807) is 55.7 Å². The summed E-state index contributed by atoms with van der Waals surface area (Å²) < 4.78 is 39.4. The van der Waals surface area contributed by atoms with Crippen molar-refractivity contribution in [3.63, 3.8) is 0 Å². The maximum absolute atomic E-state index is 13.6. The van der Waals surface area contributed by atoms with E-state index in [2.05, 4.69) is 0 Å². The average Bonchev–Trinajstić information content (AvgIpc) is 3.57. The lowest BCUT2D eigenvalue weighted by molar-refractivity contribution is 0.0736. The van der Waals surface area contributed by atoms with Crippen LogP contribution in [0.2, 0.25) is 0 Å². The van der Waals surface area contributed by atoms with Crippen molar-refractivity contribution in [3.05, 3.63) is 101 Å². The van der Waals surface area contributed by atoms with Crippen molar-refractivity contribution in [1.82, 2.24) is 0 Å². The summed E-state index contributed by atoms with van der Waals surface area (Å²) in [5.41, 5.74) is 2.42. The molecule has 6 rings (SSSR count). The second-order valence-corrected chi connectivity index (χ2v) is 9.48. The van der Waals surface area contributed by atoms with Gasteiger partial charge >= 0.3 is 5.97 Å². The van der Waals surface area contributed by atoms with Gasteiger partial charge < -0.3 is 32.8 Å². The van der Waals surface area contributed by atoms with Crippen LogP contribution in [0.3, 0.4) is 0 Å². The summed E-state index contributed by atoms with van der Waals surface area (Å²) in [7, 11) is 6.08. The van der Waals surface area contributed by atoms with Gasteiger partial charge in [-0.3, -0.25) is 4.79 Å². The highest BCUT2D eigenvalue weighted by Crippen LogP contribution is 2.41. The van der Waals surface area contributed by atoms with Crippen LogP contribution in [0.1, 0.15) is 26.3 Å². The second kappa shape index (κ2) is 11.3. The fourth-order valence-corrected chi connectivity index (χ4v) is 4.92. The lowest BCUT2D eigenvalue weighted by Gasteiger charge is -2.13. The molecule has 0 spiro atoms. The van der Waals surface area contributed by atoms with E-state index in [1.807, 2.05) is 30.3 Å². The zero-order valence-corrected chi connectivity index (χ0v) is 23.8. The molecule has 0 N–H and O–H groups in total. The molecule has 43 heavy (non-hydrogen) atoms. The fraction of sp³-hybridized carbons (Fsp3) is 0.118. The van der Waals surface area contributed by atoms with Gasteiger partial charge in [-0.15, -0.1) is 0 Å². The van der Waals surface area contributed by atoms with Crippen molar-refractivity contribution in [2.24, 2.45) is 0 Å². The van der Waals surface area contributed by atoms with E-state index in [0.29, 0.717) is 56.4 Å². The summed E-state index contributed by atoms with van der Waals surface area (Å²) in [6.07, 6.45) is 1.58. The van der Waals surface area contributed by atoms with Crippen LogP contribution < -0.4 is 28.4 Å². The average molecular weight is 579 g/mol. The number of benzene rings is 4. The molecule has 0 atom stereocenters. The van der Waals surface area contributed by atoms with Crippen molar-refractivity contribution >= 4 is 28.8 Å². The Morgan fingerprint density at radius 1 is 0.767 bits per heavy atom. The number of methoxy groups -OCH3 is 4. The van der Waals surface area contributed by atoms with E-state index < -0.39 is 5.97 Å². The summed E-state index contributed by atoms with van der Waals surface area (Å²) >= 11 is 0.